The van der Waals surface area contributed by atoms with Crippen LogP contribution < -0.4 is 5.32 Å². The molecule has 2 N–H and O–H groups in total. The van der Waals surface area contributed by atoms with E-state index in [0.29, 0.717) is 23.5 Å². The van der Waals surface area contributed by atoms with Gasteiger partial charge in [0.25, 0.3) is 0 Å². The van der Waals surface area contributed by atoms with Crippen LogP contribution in [0.25, 0.3) is 17.1 Å². The minimum Gasteiger partial charge on any atom is -0.469 e. The number of hydrogen-bond donors (Lipinski definition) is 2. The predicted molar refractivity (Wildman–Crippen MR) is 118 cm³/mol. The highest BCUT2D eigenvalue weighted by atomic mass is 16.7. The van der Waals surface area contributed by atoms with Crippen molar-refractivity contribution >= 4 is 23.9 Å². The largest absolute Gasteiger partial charge is 0.469 e. The van der Waals surface area contributed by atoms with E-state index in [2.05, 4.69) is 34.7 Å². The van der Waals surface area contributed by atoms with Gasteiger partial charge in [0.2, 0.25) is 6.79 Å². The Morgan fingerprint density at radius 3 is 2.47 bits per heavy atom. The van der Waals surface area contributed by atoms with Gasteiger partial charge < -0.3 is 14.2 Å². The van der Waals surface area contributed by atoms with E-state index in [4.69, 9.17) is 5.41 Å². The van der Waals surface area contributed by atoms with Gasteiger partial charge in [-0.2, -0.15) is 0 Å². The Labute approximate surface area is 194 Å². The number of benzene rings is 1. The van der Waals surface area contributed by atoms with Crippen LogP contribution in [0.1, 0.15) is 24.6 Å². The fourth-order valence-corrected chi connectivity index (χ4v) is 2.75. The normalized spacial score (nSPS) is 10.3. The van der Waals surface area contributed by atoms with Gasteiger partial charge in [-0.05, 0) is 12.1 Å². The molecule has 0 radical (unpaired) electrons. The van der Waals surface area contributed by atoms with E-state index in [1.54, 1.807) is 53.5 Å². The van der Waals surface area contributed by atoms with E-state index in [9.17, 15) is 14.4 Å². The summed E-state index contributed by atoms with van der Waals surface area (Å²) < 4.78 is 15.5. The van der Waals surface area contributed by atoms with Crippen LogP contribution in [0, 0.1) is 5.41 Å². The lowest BCUT2D eigenvalue weighted by Crippen LogP contribution is -2.31. The number of nitrogens with zero attached hydrogens (tertiary/aromatic N) is 4. The summed E-state index contributed by atoms with van der Waals surface area (Å²) in [5, 5.41) is 18.7. The van der Waals surface area contributed by atoms with E-state index in [-0.39, 0.29) is 18.2 Å². The standard InChI is InChI=1S/C22H22N6O6/c1-14(29)33-13-34-22(31)25-21(23)16-5-3-15(4-6-16)18-8-9-19(27-26-18)28-11-17(24-12-28)7-10-20(30)32-2/h3-6,8-9,11-12H,7,10,13H2,1-2H3,(H2,23,25,31). The second kappa shape index (κ2) is 11.3. The van der Waals surface area contributed by atoms with Gasteiger partial charge in [0, 0.05) is 30.7 Å². The van der Waals surface area contributed by atoms with Crippen LogP contribution in [-0.2, 0) is 30.2 Å². The molecule has 3 aromatic rings. The van der Waals surface area contributed by atoms with Gasteiger partial charge in [-0.3, -0.25) is 24.9 Å². The van der Waals surface area contributed by atoms with Crippen LogP contribution in [0.2, 0.25) is 0 Å². The van der Waals surface area contributed by atoms with Crippen LogP contribution in [0.4, 0.5) is 4.79 Å². The third-order valence-electron chi connectivity index (χ3n) is 4.51. The number of amidine groups is 1. The third kappa shape index (κ3) is 6.69. The summed E-state index contributed by atoms with van der Waals surface area (Å²) in [5.41, 5.74) is 2.55. The van der Waals surface area contributed by atoms with Crippen molar-refractivity contribution in [3.05, 3.63) is 60.2 Å². The number of nitrogens with one attached hydrogen (secondary N) is 2. The van der Waals surface area contributed by atoms with Crippen LogP contribution in [0.5, 0.6) is 0 Å². The fraction of sp³-hybridized carbons (Fsp3) is 0.227. The van der Waals surface area contributed by atoms with Gasteiger partial charge in [-0.15, -0.1) is 10.2 Å². The number of amides is 1. The smallest absolute Gasteiger partial charge is 0.415 e. The lowest BCUT2D eigenvalue weighted by Gasteiger charge is -2.08. The summed E-state index contributed by atoms with van der Waals surface area (Å²) in [7, 11) is 1.35. The highest BCUT2D eigenvalue weighted by molar-refractivity contribution is 6.04. The molecule has 0 fully saturated rings. The van der Waals surface area contributed by atoms with Crippen molar-refractivity contribution in [2.75, 3.05) is 13.9 Å². The number of carbonyl (C=O) groups is 3. The molecular formula is C22H22N6O6. The molecule has 0 bridgehead atoms. The summed E-state index contributed by atoms with van der Waals surface area (Å²) in [6, 6.07) is 10.3. The molecule has 0 aliphatic carbocycles. The lowest BCUT2D eigenvalue weighted by atomic mass is 10.1. The Bertz CT molecular complexity index is 1170. The maximum Gasteiger partial charge on any atom is 0.415 e. The van der Waals surface area contributed by atoms with Gasteiger partial charge >= 0.3 is 18.0 Å². The monoisotopic (exact) mass is 466 g/mol. The number of esters is 2. The topological polar surface area (TPSA) is 158 Å². The van der Waals surface area contributed by atoms with Crippen molar-refractivity contribution in [3.8, 4) is 17.1 Å². The molecule has 0 aliphatic rings. The first-order valence-corrected chi connectivity index (χ1v) is 10.1. The van der Waals surface area contributed by atoms with Crippen LogP contribution in [-0.4, -0.2) is 57.5 Å². The van der Waals surface area contributed by atoms with Crippen molar-refractivity contribution in [2.24, 2.45) is 0 Å². The van der Waals surface area contributed by atoms with Gasteiger partial charge in [-0.1, -0.05) is 24.3 Å². The minimum atomic E-state index is -0.912. The SMILES string of the molecule is COC(=O)CCc1cn(-c2ccc(-c3ccc(C(=N)NC(=O)OCOC(C)=O)cc3)nn2)cn1. The fourth-order valence-electron chi connectivity index (χ4n) is 2.75. The number of alkyl carbamates (subject to hydrolysis) is 1. The van der Waals surface area contributed by atoms with Crippen LogP contribution in [0.3, 0.4) is 0 Å². The van der Waals surface area contributed by atoms with Crippen LogP contribution >= 0.6 is 0 Å². The molecule has 1 aromatic carbocycles. The molecule has 12 heteroatoms. The summed E-state index contributed by atoms with van der Waals surface area (Å²) in [6.45, 7) is 0.655. The number of ether oxygens (including phenoxy) is 3. The Balaban J connectivity index is 1.58. The maximum absolute atomic E-state index is 11.6. The third-order valence-corrected chi connectivity index (χ3v) is 4.51. The molecule has 176 valence electrons. The van der Waals surface area contributed by atoms with Gasteiger partial charge in [-0.25, -0.2) is 9.78 Å². The van der Waals surface area contributed by atoms with E-state index >= 15 is 0 Å². The highest BCUT2D eigenvalue weighted by Gasteiger charge is 2.10. The molecule has 2 aromatic heterocycles. The first kappa shape index (κ1) is 24.0. The van der Waals surface area contributed by atoms with Crippen LogP contribution in [0.15, 0.2) is 48.9 Å². The second-order valence-electron chi connectivity index (χ2n) is 6.89. The molecule has 0 spiro atoms. The number of methoxy groups -OCH3 is 1. The Morgan fingerprint density at radius 1 is 1.06 bits per heavy atom. The molecule has 34 heavy (non-hydrogen) atoms. The molecule has 0 unspecified atom stereocenters. The first-order valence-electron chi connectivity index (χ1n) is 10.1. The summed E-state index contributed by atoms with van der Waals surface area (Å²) in [6.07, 6.45) is 3.17. The van der Waals surface area contributed by atoms with E-state index in [1.807, 2.05) is 0 Å². The average molecular weight is 466 g/mol. The first-order chi connectivity index (χ1) is 16.4. The summed E-state index contributed by atoms with van der Waals surface area (Å²) in [5.74, 6) is -0.491. The van der Waals surface area contributed by atoms with Crippen molar-refractivity contribution in [1.82, 2.24) is 25.1 Å². The van der Waals surface area contributed by atoms with Gasteiger partial charge in [0.15, 0.2) is 5.82 Å². The quantitative estimate of drug-likeness (QED) is 0.219. The van der Waals surface area contributed by atoms with Crippen molar-refractivity contribution in [2.45, 2.75) is 19.8 Å². The lowest BCUT2D eigenvalue weighted by molar-refractivity contribution is -0.149. The molecule has 3 rings (SSSR count). The number of carbonyl (C=O) groups excluding carboxylic acids is 3. The summed E-state index contributed by atoms with van der Waals surface area (Å²) >= 11 is 0. The zero-order chi connectivity index (χ0) is 24.5. The minimum absolute atomic E-state index is 0.177. The predicted octanol–water partition coefficient (Wildman–Crippen LogP) is 2.01. The molecule has 0 saturated carbocycles. The van der Waals surface area contributed by atoms with Gasteiger partial charge in [0.05, 0.1) is 24.9 Å². The molecular weight excluding hydrogens is 444 g/mol. The Morgan fingerprint density at radius 2 is 1.82 bits per heavy atom. The Kier molecular flexibility index (Phi) is 8.00. The zero-order valence-corrected chi connectivity index (χ0v) is 18.5. The molecule has 12 nitrogen and oxygen atoms in total. The molecule has 0 aliphatic heterocycles. The highest BCUT2D eigenvalue weighted by Crippen LogP contribution is 2.18. The number of rotatable bonds is 8. The van der Waals surface area contributed by atoms with E-state index in [0.717, 1.165) is 11.3 Å². The number of hydrogen-bond acceptors (Lipinski definition) is 10. The second-order valence-corrected chi connectivity index (χ2v) is 6.89. The number of aryl methyl sites for hydroxylation is 1. The molecule has 0 atom stereocenters. The van der Waals surface area contributed by atoms with E-state index < -0.39 is 18.9 Å². The van der Waals surface area contributed by atoms with Crippen molar-refractivity contribution in [1.29, 1.82) is 5.41 Å². The molecule has 0 saturated heterocycles. The maximum atomic E-state index is 11.6. The molecule has 1 amide bonds. The van der Waals surface area contributed by atoms with E-state index in [1.165, 1.54) is 14.0 Å². The number of imidazole rings is 1. The average Bonchev–Trinajstić information content (AvgIpc) is 3.31. The number of aromatic nitrogens is 4. The zero-order valence-electron chi connectivity index (χ0n) is 18.5. The summed E-state index contributed by atoms with van der Waals surface area (Å²) in [4.78, 5) is 37.8. The molecule has 2 heterocycles. The van der Waals surface area contributed by atoms with Gasteiger partial charge in [0.1, 0.15) is 12.2 Å². The van der Waals surface area contributed by atoms with Crippen molar-refractivity contribution in [3.63, 3.8) is 0 Å². The van der Waals surface area contributed by atoms with Crippen molar-refractivity contribution < 1.29 is 28.6 Å². The Hall–Kier alpha value is -4.61.